The second-order valence-electron chi connectivity index (χ2n) is 6.19. The number of alkyl halides is 3. The molecule has 1 fully saturated rings. The van der Waals surface area contributed by atoms with Gasteiger partial charge in [0.05, 0.1) is 18.5 Å². The fraction of sp³-hybridized carbons (Fsp3) is 0.571. The molecular weight excluding hydrogens is 471 g/mol. The van der Waals surface area contributed by atoms with Crippen molar-refractivity contribution in [3.63, 3.8) is 0 Å². The first kappa shape index (κ1) is 33.9. The number of rotatable bonds is 5. The summed E-state index contributed by atoms with van der Waals surface area (Å²) in [6.07, 6.45) is -4.99. The van der Waals surface area contributed by atoms with Crippen molar-refractivity contribution < 1.29 is 32.9 Å². The highest BCUT2D eigenvalue weighted by Crippen LogP contribution is 2.26. The Morgan fingerprint density at radius 3 is 2.43 bits per heavy atom. The maximum absolute atomic E-state index is 11.8. The standard InChI is InChI=1S/C12H18N4O4.C5H4F3N3.2C2H6/c1-7(5-13)15-16-8(2)12(19)14-6-10-11(18)9(17)3-4-20-10;6-5(7,8)3-1-10-2-4(9)11-3;2*1-2/h9-11,16-18H,2-4,6H2,1H3,(H,14,19);1-2H,(H2,9,11);2*1-2H3/b15-7+;;;. The Morgan fingerprint density at radius 2 is 1.94 bits per heavy atom. The Morgan fingerprint density at radius 1 is 1.34 bits per heavy atom. The van der Waals surface area contributed by atoms with E-state index >= 15 is 0 Å². The van der Waals surface area contributed by atoms with Crippen LogP contribution >= 0.6 is 0 Å². The van der Waals surface area contributed by atoms with Gasteiger partial charge in [0, 0.05) is 13.2 Å². The van der Waals surface area contributed by atoms with E-state index in [0.717, 1.165) is 6.20 Å². The van der Waals surface area contributed by atoms with E-state index in [-0.39, 0.29) is 23.8 Å². The van der Waals surface area contributed by atoms with Crippen LogP contribution in [-0.2, 0) is 15.7 Å². The number of amides is 1. The lowest BCUT2D eigenvalue weighted by atomic mass is 10.0. The SMILES string of the molecule is C=C(N/N=C(\C)C#N)C(=O)NCC1OCCC(O)C1O.CC.CC.Nc1cncc(C(F)(F)F)n1. The molecule has 1 saturated heterocycles. The number of hydrazone groups is 1. The monoisotopic (exact) mass is 505 g/mol. The number of nitrogens with two attached hydrogens (primary N) is 1. The summed E-state index contributed by atoms with van der Waals surface area (Å²) in [5.74, 6) is -0.768. The van der Waals surface area contributed by atoms with Gasteiger partial charge in [-0.25, -0.2) is 4.98 Å². The zero-order valence-electron chi connectivity index (χ0n) is 20.4. The summed E-state index contributed by atoms with van der Waals surface area (Å²) in [5.41, 5.74) is 6.38. The number of ether oxygens (including phenoxy) is 1. The van der Waals surface area contributed by atoms with E-state index in [9.17, 15) is 28.2 Å². The number of nitrogens with zero attached hydrogens (tertiary/aromatic N) is 4. The molecule has 3 unspecified atom stereocenters. The van der Waals surface area contributed by atoms with Crippen molar-refractivity contribution in [2.75, 3.05) is 18.9 Å². The number of carbonyl (C=O) groups excluding carboxylic acids is 1. The van der Waals surface area contributed by atoms with Crippen molar-refractivity contribution in [3.05, 3.63) is 30.4 Å². The molecule has 6 N–H and O–H groups in total. The minimum absolute atomic E-state index is 0.0366. The Bertz CT molecular complexity index is 845. The minimum Gasteiger partial charge on any atom is -0.390 e. The Kier molecular flexibility index (Phi) is 17.5. The molecule has 198 valence electrons. The van der Waals surface area contributed by atoms with Crippen molar-refractivity contribution in [2.45, 2.75) is 65.5 Å². The quantitative estimate of drug-likeness (QED) is 0.226. The van der Waals surface area contributed by atoms with Crippen molar-refractivity contribution in [3.8, 4) is 6.07 Å². The van der Waals surface area contributed by atoms with E-state index in [1.54, 1.807) is 6.07 Å². The number of nitriles is 1. The molecule has 1 aromatic rings. The molecule has 14 heteroatoms. The summed E-state index contributed by atoms with van der Waals surface area (Å²) in [6.45, 7) is 13.3. The molecule has 0 radical (unpaired) electrons. The molecule has 1 amide bonds. The van der Waals surface area contributed by atoms with Crippen LogP contribution in [0.5, 0.6) is 0 Å². The van der Waals surface area contributed by atoms with Crippen LogP contribution in [0.3, 0.4) is 0 Å². The van der Waals surface area contributed by atoms with Crippen molar-refractivity contribution in [2.24, 2.45) is 5.10 Å². The number of aliphatic hydroxyl groups excluding tert-OH is 2. The van der Waals surface area contributed by atoms with E-state index < -0.39 is 36.1 Å². The second-order valence-corrected chi connectivity index (χ2v) is 6.19. The highest BCUT2D eigenvalue weighted by Gasteiger charge is 2.33. The third kappa shape index (κ3) is 13.9. The lowest BCUT2D eigenvalue weighted by Crippen LogP contribution is -2.50. The molecule has 0 aromatic carbocycles. The highest BCUT2D eigenvalue weighted by molar-refractivity contribution is 5.97. The van der Waals surface area contributed by atoms with Gasteiger partial charge >= 0.3 is 6.18 Å². The van der Waals surface area contributed by atoms with Crippen LogP contribution in [0.15, 0.2) is 29.8 Å². The van der Waals surface area contributed by atoms with Gasteiger partial charge in [-0.05, 0) is 13.3 Å². The molecule has 0 saturated carbocycles. The van der Waals surface area contributed by atoms with Gasteiger partial charge in [0.25, 0.3) is 5.91 Å². The summed E-state index contributed by atoms with van der Waals surface area (Å²) in [4.78, 5) is 17.9. The number of nitrogens with one attached hydrogen (secondary N) is 2. The lowest BCUT2D eigenvalue weighted by Gasteiger charge is -2.32. The first-order valence-electron chi connectivity index (χ1n) is 10.8. The summed E-state index contributed by atoms with van der Waals surface area (Å²) in [6, 6.07) is 1.79. The zero-order chi connectivity index (χ0) is 27.6. The van der Waals surface area contributed by atoms with E-state index in [4.69, 9.17) is 15.7 Å². The minimum atomic E-state index is -4.47. The Labute approximate surface area is 202 Å². The molecule has 2 rings (SSSR count). The average Bonchev–Trinajstić information content (AvgIpc) is 2.85. The highest BCUT2D eigenvalue weighted by atomic mass is 19.4. The third-order valence-electron chi connectivity index (χ3n) is 3.72. The molecule has 2 heterocycles. The number of anilines is 1. The molecular formula is C21H34F3N7O4. The van der Waals surface area contributed by atoms with Crippen LogP contribution in [0, 0.1) is 11.3 Å². The fourth-order valence-corrected chi connectivity index (χ4v) is 2.08. The summed E-state index contributed by atoms with van der Waals surface area (Å²) in [7, 11) is 0. The number of nitrogen functional groups attached to an aromatic ring is 1. The first-order chi connectivity index (χ1) is 16.5. The summed E-state index contributed by atoms with van der Waals surface area (Å²) in [5, 5.41) is 33.7. The van der Waals surface area contributed by atoms with E-state index in [0.29, 0.717) is 19.2 Å². The van der Waals surface area contributed by atoms with E-state index in [1.807, 2.05) is 27.7 Å². The van der Waals surface area contributed by atoms with E-state index in [2.05, 4.69) is 32.4 Å². The van der Waals surface area contributed by atoms with Gasteiger partial charge in [0.1, 0.15) is 35.5 Å². The largest absolute Gasteiger partial charge is 0.434 e. The van der Waals surface area contributed by atoms with Crippen LogP contribution in [0.2, 0.25) is 0 Å². The number of aliphatic hydroxyl groups is 2. The number of hydrogen-bond donors (Lipinski definition) is 5. The molecule has 11 nitrogen and oxygen atoms in total. The van der Waals surface area contributed by atoms with Gasteiger partial charge in [-0.2, -0.15) is 23.5 Å². The van der Waals surface area contributed by atoms with Crippen LogP contribution in [0.4, 0.5) is 19.0 Å². The zero-order valence-corrected chi connectivity index (χ0v) is 20.4. The smallest absolute Gasteiger partial charge is 0.390 e. The fourth-order valence-electron chi connectivity index (χ4n) is 2.08. The molecule has 3 atom stereocenters. The van der Waals surface area contributed by atoms with Crippen molar-refractivity contribution >= 4 is 17.4 Å². The van der Waals surface area contributed by atoms with Gasteiger partial charge in [-0.3, -0.25) is 15.2 Å². The molecule has 1 aliphatic heterocycles. The summed E-state index contributed by atoms with van der Waals surface area (Å²) >= 11 is 0. The lowest BCUT2D eigenvalue weighted by molar-refractivity contribution is -0.141. The maximum Gasteiger partial charge on any atom is 0.434 e. The first-order valence-corrected chi connectivity index (χ1v) is 10.8. The van der Waals surface area contributed by atoms with Gasteiger partial charge in [-0.1, -0.05) is 34.3 Å². The van der Waals surface area contributed by atoms with E-state index in [1.165, 1.54) is 6.92 Å². The number of hydrogen-bond acceptors (Lipinski definition) is 10. The molecule has 0 bridgehead atoms. The van der Waals surface area contributed by atoms with Gasteiger partial charge in [-0.15, -0.1) is 0 Å². The Balaban J connectivity index is 0. The van der Waals surface area contributed by atoms with Crippen LogP contribution < -0.4 is 16.5 Å². The number of carbonyl (C=O) groups is 1. The predicted octanol–water partition coefficient (Wildman–Crippen LogP) is 1.75. The normalized spacial score (nSPS) is 19.1. The van der Waals surface area contributed by atoms with Gasteiger partial charge < -0.3 is 26.0 Å². The second kappa shape index (κ2) is 18.1. The molecule has 1 aliphatic rings. The van der Waals surface area contributed by atoms with Crippen LogP contribution in [-0.4, -0.2) is 63.3 Å². The van der Waals surface area contributed by atoms with Crippen LogP contribution in [0.1, 0.15) is 46.7 Å². The Hall–Kier alpha value is -3.28. The molecule has 35 heavy (non-hydrogen) atoms. The number of halogens is 3. The average molecular weight is 506 g/mol. The predicted molar refractivity (Wildman–Crippen MR) is 125 cm³/mol. The van der Waals surface area contributed by atoms with Gasteiger partial charge in [0.15, 0.2) is 5.69 Å². The molecule has 0 spiro atoms. The number of aromatic nitrogens is 2. The molecule has 1 aromatic heterocycles. The van der Waals surface area contributed by atoms with Crippen molar-refractivity contribution in [1.29, 1.82) is 5.26 Å². The third-order valence-corrected chi connectivity index (χ3v) is 3.72. The van der Waals surface area contributed by atoms with Crippen LogP contribution in [0.25, 0.3) is 0 Å². The van der Waals surface area contributed by atoms with Gasteiger partial charge in [0.2, 0.25) is 0 Å². The molecule has 0 aliphatic carbocycles. The van der Waals surface area contributed by atoms with Crippen molar-refractivity contribution in [1.82, 2.24) is 20.7 Å². The maximum atomic E-state index is 11.8. The topological polar surface area (TPSA) is 179 Å². The summed E-state index contributed by atoms with van der Waals surface area (Å²) < 4.78 is 40.7.